The highest BCUT2D eigenvalue weighted by atomic mass is 32.2. The Labute approximate surface area is 170 Å². The minimum Gasteiger partial charge on any atom is -0.494 e. The molecule has 156 valence electrons. The van der Waals surface area contributed by atoms with Gasteiger partial charge in [0.05, 0.1) is 17.4 Å². The molecule has 29 heavy (non-hydrogen) atoms. The predicted molar refractivity (Wildman–Crippen MR) is 107 cm³/mol. The van der Waals surface area contributed by atoms with Crippen molar-refractivity contribution in [1.82, 2.24) is 9.62 Å². The molecule has 8 heteroatoms. The second-order valence-corrected chi connectivity index (χ2v) is 8.89. The fourth-order valence-corrected chi connectivity index (χ4v) is 4.86. The topological polar surface area (TPSA) is 75.7 Å². The number of hydrogen-bond acceptors (Lipinski definition) is 4. The summed E-state index contributed by atoms with van der Waals surface area (Å²) in [7, 11) is -3.75. The Morgan fingerprint density at radius 2 is 1.86 bits per heavy atom. The van der Waals surface area contributed by atoms with Crippen molar-refractivity contribution in [3.05, 3.63) is 59.9 Å². The molecule has 1 saturated heterocycles. The maximum absolute atomic E-state index is 13.1. The van der Waals surface area contributed by atoms with Crippen LogP contribution < -0.4 is 10.1 Å². The van der Waals surface area contributed by atoms with Crippen molar-refractivity contribution < 1.29 is 22.3 Å². The smallest absolute Gasteiger partial charge is 0.243 e. The highest BCUT2D eigenvalue weighted by molar-refractivity contribution is 7.89. The molecule has 0 spiro atoms. The van der Waals surface area contributed by atoms with Gasteiger partial charge < -0.3 is 10.1 Å². The summed E-state index contributed by atoms with van der Waals surface area (Å²) < 4.78 is 45.4. The second-order valence-electron chi connectivity index (χ2n) is 6.95. The van der Waals surface area contributed by atoms with Gasteiger partial charge in [-0.15, -0.1) is 0 Å². The summed E-state index contributed by atoms with van der Waals surface area (Å²) in [6.45, 7) is 3.34. The Bertz CT molecular complexity index is 930. The molecule has 1 fully saturated rings. The summed E-state index contributed by atoms with van der Waals surface area (Å²) in [4.78, 5) is 12.6. The fraction of sp³-hybridized carbons (Fsp3) is 0.381. The van der Waals surface area contributed by atoms with Crippen molar-refractivity contribution in [3.63, 3.8) is 0 Å². The lowest BCUT2D eigenvalue weighted by atomic mass is 9.99. The van der Waals surface area contributed by atoms with E-state index in [2.05, 4.69) is 5.32 Å². The largest absolute Gasteiger partial charge is 0.494 e. The third-order valence-electron chi connectivity index (χ3n) is 4.91. The van der Waals surface area contributed by atoms with E-state index in [1.54, 1.807) is 0 Å². The average molecular weight is 421 g/mol. The normalized spacial score (nSPS) is 17.7. The Morgan fingerprint density at radius 3 is 2.52 bits per heavy atom. The zero-order valence-corrected chi connectivity index (χ0v) is 17.1. The van der Waals surface area contributed by atoms with Crippen LogP contribution in [-0.4, -0.2) is 38.3 Å². The third kappa shape index (κ3) is 5.33. The quantitative estimate of drug-likeness (QED) is 0.747. The molecule has 1 aliphatic heterocycles. The van der Waals surface area contributed by atoms with Gasteiger partial charge in [0.25, 0.3) is 0 Å². The van der Waals surface area contributed by atoms with Gasteiger partial charge in [0.1, 0.15) is 11.6 Å². The van der Waals surface area contributed by atoms with E-state index in [1.165, 1.54) is 16.4 Å². The van der Waals surface area contributed by atoms with E-state index >= 15 is 0 Å². The first-order chi connectivity index (χ1) is 13.9. The first-order valence-corrected chi connectivity index (χ1v) is 11.1. The number of rotatable bonds is 7. The van der Waals surface area contributed by atoms with Crippen LogP contribution in [0.4, 0.5) is 4.39 Å². The average Bonchev–Trinajstić information content (AvgIpc) is 2.73. The number of halogens is 1. The lowest BCUT2D eigenvalue weighted by Crippen LogP contribution is -2.45. The van der Waals surface area contributed by atoms with E-state index in [-0.39, 0.29) is 17.3 Å². The van der Waals surface area contributed by atoms with E-state index < -0.39 is 21.8 Å². The molecular formula is C21H25FN2O4S. The van der Waals surface area contributed by atoms with E-state index in [0.29, 0.717) is 32.5 Å². The van der Waals surface area contributed by atoms with Crippen molar-refractivity contribution >= 4 is 15.9 Å². The Morgan fingerprint density at radius 1 is 1.17 bits per heavy atom. The van der Waals surface area contributed by atoms with Crippen molar-refractivity contribution in [2.24, 2.45) is 5.92 Å². The van der Waals surface area contributed by atoms with E-state index in [4.69, 9.17) is 4.74 Å². The first-order valence-electron chi connectivity index (χ1n) is 9.65. The second kappa shape index (κ2) is 9.37. The SMILES string of the molecule is CCOc1ccc(CNC(=O)[C@@H]2CCCN(S(=O)(=O)c3ccc(F)cc3)C2)cc1. The summed E-state index contributed by atoms with van der Waals surface area (Å²) in [5.41, 5.74) is 0.938. The van der Waals surface area contributed by atoms with Crippen LogP contribution in [0.2, 0.25) is 0 Å². The monoisotopic (exact) mass is 420 g/mol. The Hall–Kier alpha value is -2.45. The van der Waals surface area contributed by atoms with Crippen LogP contribution in [0.3, 0.4) is 0 Å². The zero-order valence-electron chi connectivity index (χ0n) is 16.3. The molecule has 6 nitrogen and oxygen atoms in total. The molecule has 1 heterocycles. The van der Waals surface area contributed by atoms with Crippen LogP contribution in [0.25, 0.3) is 0 Å². The molecule has 0 aromatic heterocycles. The van der Waals surface area contributed by atoms with E-state index in [9.17, 15) is 17.6 Å². The van der Waals surface area contributed by atoms with Gasteiger partial charge in [0, 0.05) is 19.6 Å². The number of hydrogen-bond donors (Lipinski definition) is 1. The zero-order chi connectivity index (χ0) is 20.9. The molecule has 0 bridgehead atoms. The van der Waals surface area contributed by atoms with Gasteiger partial charge in [-0.3, -0.25) is 4.79 Å². The number of benzene rings is 2. The number of nitrogens with one attached hydrogen (secondary N) is 1. The molecule has 0 radical (unpaired) electrons. The standard InChI is InChI=1S/C21H25FN2O4S/c1-2-28-19-9-5-16(6-10-19)14-23-21(25)17-4-3-13-24(15-17)29(26,27)20-11-7-18(22)8-12-20/h5-12,17H,2-4,13-15H2,1H3,(H,23,25)/t17-/m1/s1. The Kier molecular flexibility index (Phi) is 6.87. The van der Waals surface area contributed by atoms with Gasteiger partial charge in [-0.05, 0) is 61.7 Å². The van der Waals surface area contributed by atoms with Crippen molar-refractivity contribution in [2.75, 3.05) is 19.7 Å². The number of nitrogens with zero attached hydrogens (tertiary/aromatic N) is 1. The van der Waals surface area contributed by atoms with E-state index in [0.717, 1.165) is 23.4 Å². The van der Waals surface area contributed by atoms with Crippen LogP contribution >= 0.6 is 0 Å². The molecule has 1 amide bonds. The van der Waals surface area contributed by atoms with Gasteiger partial charge >= 0.3 is 0 Å². The molecule has 2 aromatic carbocycles. The van der Waals surface area contributed by atoms with Crippen LogP contribution in [0, 0.1) is 11.7 Å². The minimum absolute atomic E-state index is 0.0364. The summed E-state index contributed by atoms with van der Waals surface area (Å²) in [6, 6.07) is 12.2. The number of piperidine rings is 1. The summed E-state index contributed by atoms with van der Waals surface area (Å²) >= 11 is 0. The number of ether oxygens (including phenoxy) is 1. The number of carbonyl (C=O) groups excluding carboxylic acids is 1. The first kappa shape index (κ1) is 21.3. The molecule has 3 rings (SSSR count). The summed E-state index contributed by atoms with van der Waals surface area (Å²) in [5, 5.41) is 2.89. The van der Waals surface area contributed by atoms with Crippen molar-refractivity contribution in [1.29, 1.82) is 0 Å². The van der Waals surface area contributed by atoms with Crippen molar-refractivity contribution in [3.8, 4) is 5.75 Å². The predicted octanol–water partition coefficient (Wildman–Crippen LogP) is 2.94. The maximum atomic E-state index is 13.1. The van der Waals surface area contributed by atoms with Gasteiger partial charge in [-0.1, -0.05) is 12.1 Å². The van der Waals surface area contributed by atoms with Gasteiger partial charge in [0.2, 0.25) is 15.9 Å². The fourth-order valence-electron chi connectivity index (χ4n) is 3.33. The van der Waals surface area contributed by atoms with Crippen molar-refractivity contribution in [2.45, 2.75) is 31.2 Å². The molecule has 0 unspecified atom stereocenters. The summed E-state index contributed by atoms with van der Waals surface area (Å²) in [5.74, 6) is -0.301. The summed E-state index contributed by atoms with van der Waals surface area (Å²) in [6.07, 6.45) is 1.23. The van der Waals surface area contributed by atoms with Gasteiger partial charge in [0.15, 0.2) is 0 Å². The van der Waals surface area contributed by atoms with Crippen LogP contribution in [0.15, 0.2) is 53.4 Å². The molecular weight excluding hydrogens is 395 g/mol. The lowest BCUT2D eigenvalue weighted by Gasteiger charge is -2.31. The molecule has 0 saturated carbocycles. The molecule has 1 atom stereocenters. The number of amides is 1. The number of sulfonamides is 1. The van der Waals surface area contributed by atoms with Crippen LogP contribution in [-0.2, 0) is 21.4 Å². The highest BCUT2D eigenvalue weighted by Crippen LogP contribution is 2.24. The third-order valence-corrected chi connectivity index (χ3v) is 6.79. The van der Waals surface area contributed by atoms with Crippen LogP contribution in [0.1, 0.15) is 25.3 Å². The van der Waals surface area contributed by atoms with Crippen LogP contribution in [0.5, 0.6) is 5.75 Å². The molecule has 1 aliphatic rings. The van der Waals surface area contributed by atoms with E-state index in [1.807, 2.05) is 31.2 Å². The minimum atomic E-state index is -3.75. The van der Waals surface area contributed by atoms with Gasteiger partial charge in [-0.25, -0.2) is 12.8 Å². The molecule has 2 aromatic rings. The molecule has 1 N–H and O–H groups in total. The Balaban J connectivity index is 1.59. The highest BCUT2D eigenvalue weighted by Gasteiger charge is 2.33. The maximum Gasteiger partial charge on any atom is 0.243 e. The van der Waals surface area contributed by atoms with Gasteiger partial charge in [-0.2, -0.15) is 4.31 Å². The lowest BCUT2D eigenvalue weighted by molar-refractivity contribution is -0.126. The molecule has 0 aliphatic carbocycles. The number of carbonyl (C=O) groups is 1.